The summed E-state index contributed by atoms with van der Waals surface area (Å²) in [6.07, 6.45) is 1.68. The summed E-state index contributed by atoms with van der Waals surface area (Å²) in [6.45, 7) is 0.908. The van der Waals surface area contributed by atoms with Crippen molar-refractivity contribution < 1.29 is 14.3 Å². The van der Waals surface area contributed by atoms with Gasteiger partial charge in [-0.25, -0.2) is 0 Å². The molecule has 0 radical (unpaired) electrons. The van der Waals surface area contributed by atoms with E-state index < -0.39 is 0 Å². The van der Waals surface area contributed by atoms with Crippen molar-refractivity contribution >= 4 is 5.78 Å². The standard InChI is InChI=1S/C7H12O3/c1-9-5-6(8)7-3-2-4-10-7/h7H,2-5H2,1H3/t7-/m0/s1. The highest BCUT2D eigenvalue weighted by molar-refractivity contribution is 5.84. The lowest BCUT2D eigenvalue weighted by Crippen LogP contribution is -2.23. The largest absolute Gasteiger partial charge is 0.377 e. The zero-order valence-electron chi connectivity index (χ0n) is 6.13. The Hall–Kier alpha value is -0.410. The van der Waals surface area contributed by atoms with Crippen LogP contribution < -0.4 is 0 Å². The molecule has 0 aliphatic carbocycles. The van der Waals surface area contributed by atoms with Gasteiger partial charge >= 0.3 is 0 Å². The van der Waals surface area contributed by atoms with E-state index in [1.54, 1.807) is 0 Å². The van der Waals surface area contributed by atoms with Gasteiger partial charge in [-0.1, -0.05) is 0 Å². The third kappa shape index (κ3) is 1.78. The summed E-state index contributed by atoms with van der Waals surface area (Å²) in [5.74, 6) is 0.0694. The third-order valence-electron chi connectivity index (χ3n) is 1.58. The van der Waals surface area contributed by atoms with Gasteiger partial charge < -0.3 is 9.47 Å². The van der Waals surface area contributed by atoms with Crippen LogP contribution in [0.25, 0.3) is 0 Å². The second kappa shape index (κ2) is 3.68. The van der Waals surface area contributed by atoms with Gasteiger partial charge in [-0.05, 0) is 12.8 Å². The molecule has 0 amide bonds. The SMILES string of the molecule is COCC(=O)[C@@H]1CCCO1. The minimum absolute atomic E-state index is 0.0694. The molecule has 3 nitrogen and oxygen atoms in total. The molecule has 10 heavy (non-hydrogen) atoms. The van der Waals surface area contributed by atoms with Crippen molar-refractivity contribution in [1.29, 1.82) is 0 Å². The predicted molar refractivity (Wildman–Crippen MR) is 35.9 cm³/mol. The van der Waals surface area contributed by atoms with Crippen molar-refractivity contribution in [2.75, 3.05) is 20.3 Å². The summed E-state index contributed by atoms with van der Waals surface area (Å²) in [5, 5.41) is 0. The molecule has 58 valence electrons. The normalized spacial score (nSPS) is 25.1. The van der Waals surface area contributed by atoms with Crippen LogP contribution in [0.4, 0.5) is 0 Å². The van der Waals surface area contributed by atoms with Gasteiger partial charge in [0.25, 0.3) is 0 Å². The maximum atomic E-state index is 11.0. The van der Waals surface area contributed by atoms with Crippen molar-refractivity contribution in [3.63, 3.8) is 0 Å². The molecule has 1 fully saturated rings. The second-order valence-corrected chi connectivity index (χ2v) is 2.40. The van der Waals surface area contributed by atoms with Crippen LogP contribution in [0.3, 0.4) is 0 Å². The molecule has 1 rings (SSSR count). The first kappa shape index (κ1) is 7.69. The number of carbonyl (C=O) groups is 1. The van der Waals surface area contributed by atoms with Crippen LogP contribution in [0.15, 0.2) is 0 Å². The number of hydrogen-bond donors (Lipinski definition) is 0. The molecule has 0 spiro atoms. The molecule has 1 aliphatic heterocycles. The average Bonchev–Trinajstić information content (AvgIpc) is 2.38. The maximum absolute atomic E-state index is 11.0. The lowest BCUT2D eigenvalue weighted by molar-refractivity contribution is -0.131. The van der Waals surface area contributed by atoms with Crippen LogP contribution in [-0.4, -0.2) is 32.2 Å². The van der Waals surface area contributed by atoms with E-state index in [9.17, 15) is 4.79 Å². The van der Waals surface area contributed by atoms with Gasteiger partial charge in [0.15, 0.2) is 5.78 Å². The Kier molecular flexibility index (Phi) is 2.83. The number of rotatable bonds is 3. The van der Waals surface area contributed by atoms with E-state index >= 15 is 0 Å². The summed E-state index contributed by atoms with van der Waals surface area (Å²) in [7, 11) is 1.52. The molecule has 0 aromatic heterocycles. The number of ether oxygens (including phenoxy) is 2. The number of Topliss-reactive ketones (excluding diaryl/α,β-unsaturated/α-hetero) is 1. The van der Waals surface area contributed by atoms with Crippen LogP contribution in [0.1, 0.15) is 12.8 Å². The molecule has 0 unspecified atom stereocenters. The fourth-order valence-electron chi connectivity index (χ4n) is 1.07. The molecule has 1 aliphatic rings. The number of methoxy groups -OCH3 is 1. The fraction of sp³-hybridized carbons (Fsp3) is 0.857. The van der Waals surface area contributed by atoms with Gasteiger partial charge in [0.2, 0.25) is 0 Å². The van der Waals surface area contributed by atoms with Gasteiger partial charge in [0.1, 0.15) is 12.7 Å². The van der Waals surface area contributed by atoms with Gasteiger partial charge in [-0.2, -0.15) is 0 Å². The van der Waals surface area contributed by atoms with Crippen LogP contribution >= 0.6 is 0 Å². The minimum atomic E-state index is -0.181. The van der Waals surface area contributed by atoms with E-state index in [4.69, 9.17) is 4.74 Å². The van der Waals surface area contributed by atoms with Crippen LogP contribution in [0, 0.1) is 0 Å². The predicted octanol–water partition coefficient (Wildman–Crippen LogP) is 0.381. The lowest BCUT2D eigenvalue weighted by atomic mass is 10.2. The highest BCUT2D eigenvalue weighted by atomic mass is 16.5. The minimum Gasteiger partial charge on any atom is -0.377 e. The third-order valence-corrected chi connectivity index (χ3v) is 1.58. The molecule has 0 saturated carbocycles. The van der Waals surface area contributed by atoms with Crippen LogP contribution in [0.5, 0.6) is 0 Å². The quantitative estimate of drug-likeness (QED) is 0.574. The topological polar surface area (TPSA) is 35.5 Å². The smallest absolute Gasteiger partial charge is 0.187 e. The Morgan fingerprint density at radius 2 is 2.60 bits per heavy atom. The number of ketones is 1. The molecule has 1 saturated heterocycles. The monoisotopic (exact) mass is 144 g/mol. The molecule has 0 N–H and O–H groups in total. The second-order valence-electron chi connectivity index (χ2n) is 2.40. The van der Waals surface area contributed by atoms with Gasteiger partial charge in [0.05, 0.1) is 0 Å². The van der Waals surface area contributed by atoms with Gasteiger partial charge in [0, 0.05) is 13.7 Å². The van der Waals surface area contributed by atoms with Gasteiger partial charge in [-0.3, -0.25) is 4.79 Å². The summed E-state index contributed by atoms with van der Waals surface area (Å²) >= 11 is 0. The van der Waals surface area contributed by atoms with E-state index in [1.165, 1.54) is 7.11 Å². The van der Waals surface area contributed by atoms with E-state index in [-0.39, 0.29) is 18.5 Å². The van der Waals surface area contributed by atoms with Crippen molar-refractivity contribution in [3.8, 4) is 0 Å². The molecule has 3 heteroatoms. The molecule has 0 aromatic rings. The van der Waals surface area contributed by atoms with Crippen molar-refractivity contribution in [3.05, 3.63) is 0 Å². The van der Waals surface area contributed by atoms with Crippen molar-refractivity contribution in [1.82, 2.24) is 0 Å². The molecule has 0 bridgehead atoms. The van der Waals surface area contributed by atoms with E-state index in [0.717, 1.165) is 19.4 Å². The molecule has 1 atom stereocenters. The lowest BCUT2D eigenvalue weighted by Gasteiger charge is -2.05. The van der Waals surface area contributed by atoms with E-state index in [2.05, 4.69) is 4.74 Å². The van der Waals surface area contributed by atoms with Crippen molar-refractivity contribution in [2.24, 2.45) is 0 Å². The molecule has 1 heterocycles. The molecular formula is C7H12O3. The Morgan fingerprint density at radius 3 is 3.10 bits per heavy atom. The van der Waals surface area contributed by atoms with Crippen LogP contribution in [0.2, 0.25) is 0 Å². The summed E-state index contributed by atoms with van der Waals surface area (Å²) < 4.78 is 9.82. The highest BCUT2D eigenvalue weighted by Gasteiger charge is 2.22. The average molecular weight is 144 g/mol. The van der Waals surface area contributed by atoms with E-state index in [1.807, 2.05) is 0 Å². The van der Waals surface area contributed by atoms with Gasteiger partial charge in [-0.15, -0.1) is 0 Å². The first-order valence-electron chi connectivity index (χ1n) is 3.48. The summed E-state index contributed by atoms with van der Waals surface area (Å²) in [5.41, 5.74) is 0. The summed E-state index contributed by atoms with van der Waals surface area (Å²) in [4.78, 5) is 11.0. The van der Waals surface area contributed by atoms with E-state index in [0.29, 0.717) is 0 Å². The number of hydrogen-bond acceptors (Lipinski definition) is 3. The summed E-state index contributed by atoms with van der Waals surface area (Å²) in [6, 6.07) is 0. The Balaban J connectivity index is 2.25. The maximum Gasteiger partial charge on any atom is 0.187 e. The zero-order chi connectivity index (χ0) is 7.40. The zero-order valence-corrected chi connectivity index (χ0v) is 6.13. The fourth-order valence-corrected chi connectivity index (χ4v) is 1.07. The van der Waals surface area contributed by atoms with Crippen LogP contribution in [-0.2, 0) is 14.3 Å². The number of carbonyl (C=O) groups excluding carboxylic acids is 1. The Labute approximate surface area is 60.3 Å². The Morgan fingerprint density at radius 1 is 1.80 bits per heavy atom. The molecular weight excluding hydrogens is 132 g/mol. The highest BCUT2D eigenvalue weighted by Crippen LogP contribution is 2.12. The molecule has 0 aromatic carbocycles. The first-order valence-corrected chi connectivity index (χ1v) is 3.48. The first-order chi connectivity index (χ1) is 4.84. The van der Waals surface area contributed by atoms with Crippen molar-refractivity contribution in [2.45, 2.75) is 18.9 Å². The Bertz CT molecular complexity index is 116.